The molecule has 0 saturated carbocycles. The number of hydrogen-bond donors (Lipinski definition) is 0. The summed E-state index contributed by atoms with van der Waals surface area (Å²) in [6.45, 7) is 7.68. The van der Waals surface area contributed by atoms with Crippen LogP contribution in [0.5, 0.6) is 11.5 Å². The van der Waals surface area contributed by atoms with Crippen LogP contribution in [0.3, 0.4) is 0 Å². The fraction of sp³-hybridized carbons (Fsp3) is 0.333. The van der Waals surface area contributed by atoms with E-state index in [-0.39, 0.29) is 12.5 Å². The van der Waals surface area contributed by atoms with Crippen molar-refractivity contribution in [3.63, 3.8) is 0 Å². The summed E-state index contributed by atoms with van der Waals surface area (Å²) in [4.78, 5) is 26.5. The molecule has 3 rings (SSSR count). The molecule has 2 amide bonds. The molecule has 6 heteroatoms. The minimum Gasteiger partial charge on any atom is -0.493 e. The van der Waals surface area contributed by atoms with Crippen molar-refractivity contribution in [2.45, 2.75) is 39.3 Å². The van der Waals surface area contributed by atoms with E-state index in [0.29, 0.717) is 17.1 Å². The number of amides is 2. The lowest BCUT2D eigenvalue weighted by Crippen LogP contribution is -2.34. The topological polar surface area (TPSA) is 65.1 Å². The van der Waals surface area contributed by atoms with E-state index in [2.05, 4.69) is 0 Å². The zero-order chi connectivity index (χ0) is 21.9. The molecule has 6 nitrogen and oxygen atoms in total. The summed E-state index contributed by atoms with van der Waals surface area (Å²) in [5.74, 6) is 0.806. The van der Waals surface area contributed by atoms with Crippen molar-refractivity contribution in [1.82, 2.24) is 4.90 Å². The third-order valence-corrected chi connectivity index (χ3v) is 4.60. The zero-order valence-corrected chi connectivity index (χ0v) is 18.0. The molecular weight excluding hydrogens is 382 g/mol. The number of hydrogen-bond acceptors (Lipinski definition) is 5. The highest BCUT2D eigenvalue weighted by molar-refractivity contribution is 6.05. The van der Waals surface area contributed by atoms with E-state index >= 15 is 0 Å². The van der Waals surface area contributed by atoms with Gasteiger partial charge in [0.05, 0.1) is 7.11 Å². The first kappa shape index (κ1) is 21.4. The first-order valence-electron chi connectivity index (χ1n) is 9.80. The summed E-state index contributed by atoms with van der Waals surface area (Å²) in [6.07, 6.45) is 1.10. The van der Waals surface area contributed by atoms with Gasteiger partial charge in [0.2, 0.25) is 0 Å². The van der Waals surface area contributed by atoms with Crippen LogP contribution in [0.4, 0.5) is 4.79 Å². The Bertz CT molecular complexity index is 959. The van der Waals surface area contributed by atoms with Gasteiger partial charge in [0.15, 0.2) is 11.5 Å². The molecule has 1 aliphatic rings. The molecule has 1 saturated heterocycles. The van der Waals surface area contributed by atoms with Crippen molar-refractivity contribution in [2.75, 3.05) is 13.7 Å². The number of cyclic esters (lactones) is 1. The molecule has 1 fully saturated rings. The SMILES string of the molecule is COc1ccc(/C=C(\C)C(=O)N2C(=O)OC[C@H]2c2ccccc2)cc1OC(C)(C)C. The summed E-state index contributed by atoms with van der Waals surface area (Å²) >= 11 is 0. The van der Waals surface area contributed by atoms with Crippen LogP contribution >= 0.6 is 0 Å². The average Bonchev–Trinajstić information content (AvgIpc) is 3.08. The standard InChI is InChI=1S/C24H27NO5/c1-16(13-17-11-12-20(28-5)21(14-17)30-24(2,3)4)22(26)25-19(15-29-23(25)27)18-9-7-6-8-10-18/h6-14,19H,15H2,1-5H3/b16-13+/t19-/m0/s1. The van der Waals surface area contributed by atoms with Gasteiger partial charge in [-0.1, -0.05) is 36.4 Å². The van der Waals surface area contributed by atoms with Crippen molar-refractivity contribution in [2.24, 2.45) is 0 Å². The van der Waals surface area contributed by atoms with Crippen LogP contribution < -0.4 is 9.47 Å². The molecule has 1 atom stereocenters. The van der Waals surface area contributed by atoms with Gasteiger partial charge >= 0.3 is 6.09 Å². The Morgan fingerprint density at radius 2 is 1.83 bits per heavy atom. The second kappa shape index (κ2) is 8.61. The van der Waals surface area contributed by atoms with E-state index < -0.39 is 17.7 Å². The first-order valence-corrected chi connectivity index (χ1v) is 9.80. The maximum absolute atomic E-state index is 13.1. The van der Waals surface area contributed by atoms with E-state index in [1.54, 1.807) is 26.2 Å². The van der Waals surface area contributed by atoms with Crippen LogP contribution in [0, 0.1) is 0 Å². The number of ether oxygens (including phenoxy) is 3. The normalized spacial score (nSPS) is 17.0. The lowest BCUT2D eigenvalue weighted by Gasteiger charge is -2.23. The van der Waals surface area contributed by atoms with Gasteiger partial charge in [0.25, 0.3) is 5.91 Å². The Morgan fingerprint density at radius 1 is 1.13 bits per heavy atom. The summed E-state index contributed by atoms with van der Waals surface area (Å²) in [5.41, 5.74) is 1.64. The summed E-state index contributed by atoms with van der Waals surface area (Å²) in [5, 5.41) is 0. The van der Waals surface area contributed by atoms with Crippen LogP contribution in [0.1, 0.15) is 44.9 Å². The van der Waals surface area contributed by atoms with Crippen LogP contribution in [-0.2, 0) is 9.53 Å². The maximum Gasteiger partial charge on any atom is 0.417 e. The van der Waals surface area contributed by atoms with Crippen LogP contribution in [0.15, 0.2) is 54.1 Å². The van der Waals surface area contributed by atoms with Crippen LogP contribution in [0.2, 0.25) is 0 Å². The van der Waals surface area contributed by atoms with Crippen LogP contribution in [0.25, 0.3) is 6.08 Å². The van der Waals surface area contributed by atoms with Gasteiger partial charge in [-0.25, -0.2) is 9.69 Å². The number of benzene rings is 2. The van der Waals surface area contributed by atoms with Crippen molar-refractivity contribution < 1.29 is 23.8 Å². The van der Waals surface area contributed by atoms with E-state index in [9.17, 15) is 9.59 Å². The van der Waals surface area contributed by atoms with Gasteiger partial charge in [0.1, 0.15) is 18.2 Å². The third-order valence-electron chi connectivity index (χ3n) is 4.60. The average molecular weight is 409 g/mol. The maximum atomic E-state index is 13.1. The van der Waals surface area contributed by atoms with Gasteiger partial charge in [-0.3, -0.25) is 4.79 Å². The van der Waals surface area contributed by atoms with Gasteiger partial charge in [0, 0.05) is 5.57 Å². The number of nitrogens with zero attached hydrogens (tertiary/aromatic N) is 1. The Labute approximate surface area is 177 Å². The van der Waals surface area contributed by atoms with Gasteiger partial charge in [-0.2, -0.15) is 0 Å². The monoisotopic (exact) mass is 409 g/mol. The number of methoxy groups -OCH3 is 1. The molecule has 2 aromatic rings. The zero-order valence-electron chi connectivity index (χ0n) is 18.0. The summed E-state index contributed by atoms with van der Waals surface area (Å²) in [7, 11) is 1.58. The van der Waals surface area contributed by atoms with Crippen molar-refractivity contribution in [1.29, 1.82) is 0 Å². The summed E-state index contributed by atoms with van der Waals surface area (Å²) in [6, 6.07) is 14.4. The molecule has 0 radical (unpaired) electrons. The second-order valence-electron chi connectivity index (χ2n) is 8.13. The largest absolute Gasteiger partial charge is 0.493 e. The lowest BCUT2D eigenvalue weighted by atomic mass is 10.1. The fourth-order valence-corrected chi connectivity index (χ4v) is 3.26. The molecule has 0 bridgehead atoms. The van der Waals surface area contributed by atoms with Crippen molar-refractivity contribution >= 4 is 18.1 Å². The smallest absolute Gasteiger partial charge is 0.417 e. The Kier molecular flexibility index (Phi) is 6.15. The van der Waals surface area contributed by atoms with E-state index in [1.165, 1.54) is 4.90 Å². The molecule has 30 heavy (non-hydrogen) atoms. The second-order valence-corrected chi connectivity index (χ2v) is 8.13. The number of carbonyl (C=O) groups is 2. The predicted molar refractivity (Wildman–Crippen MR) is 114 cm³/mol. The Hall–Kier alpha value is -3.28. The van der Waals surface area contributed by atoms with Gasteiger partial charge in [-0.15, -0.1) is 0 Å². The fourth-order valence-electron chi connectivity index (χ4n) is 3.26. The molecule has 0 spiro atoms. The quantitative estimate of drug-likeness (QED) is 0.651. The molecule has 0 N–H and O–H groups in total. The minimum absolute atomic E-state index is 0.147. The minimum atomic E-state index is -0.631. The number of rotatable bonds is 5. The Morgan fingerprint density at radius 3 is 2.47 bits per heavy atom. The summed E-state index contributed by atoms with van der Waals surface area (Å²) < 4.78 is 16.5. The molecule has 158 valence electrons. The van der Waals surface area contributed by atoms with E-state index in [0.717, 1.165) is 11.1 Å². The van der Waals surface area contributed by atoms with Gasteiger partial charge < -0.3 is 14.2 Å². The van der Waals surface area contributed by atoms with Gasteiger partial charge in [-0.05, 0) is 57.0 Å². The molecule has 1 aliphatic heterocycles. The highest BCUT2D eigenvalue weighted by atomic mass is 16.6. The predicted octanol–water partition coefficient (Wildman–Crippen LogP) is 5.00. The number of carbonyl (C=O) groups excluding carboxylic acids is 2. The molecular formula is C24H27NO5. The van der Waals surface area contributed by atoms with Crippen molar-refractivity contribution in [3.05, 3.63) is 65.2 Å². The highest BCUT2D eigenvalue weighted by Crippen LogP contribution is 2.33. The van der Waals surface area contributed by atoms with Crippen LogP contribution in [-0.4, -0.2) is 36.2 Å². The first-order chi connectivity index (χ1) is 14.2. The molecule has 0 aromatic heterocycles. The van der Waals surface area contributed by atoms with E-state index in [1.807, 2.05) is 63.2 Å². The molecule has 1 heterocycles. The van der Waals surface area contributed by atoms with E-state index in [4.69, 9.17) is 14.2 Å². The highest BCUT2D eigenvalue weighted by Gasteiger charge is 2.39. The van der Waals surface area contributed by atoms with Crippen molar-refractivity contribution in [3.8, 4) is 11.5 Å². The molecule has 0 unspecified atom stereocenters. The number of imide groups is 1. The molecule has 2 aromatic carbocycles. The molecule has 0 aliphatic carbocycles. The Balaban J connectivity index is 1.88. The third kappa shape index (κ3) is 4.82. The lowest BCUT2D eigenvalue weighted by molar-refractivity contribution is -0.125.